The van der Waals surface area contributed by atoms with Crippen molar-refractivity contribution < 1.29 is 14.3 Å². The molecule has 0 radical (unpaired) electrons. The Morgan fingerprint density at radius 3 is 2.50 bits per heavy atom. The predicted molar refractivity (Wildman–Crippen MR) is 89.1 cm³/mol. The number of nitrogens with two attached hydrogens (primary N) is 2. The topological polar surface area (TPSA) is 127 Å². The minimum Gasteiger partial charge on any atom is -0.464 e. The number of nitriles is 1. The van der Waals surface area contributed by atoms with Crippen molar-refractivity contribution in [1.29, 1.82) is 5.26 Å². The minimum absolute atomic E-state index is 0.0154. The fourth-order valence-corrected chi connectivity index (χ4v) is 2.38. The van der Waals surface area contributed by atoms with Crippen LogP contribution in [0.25, 0.3) is 5.69 Å². The zero-order valence-corrected chi connectivity index (χ0v) is 13.5. The lowest BCUT2D eigenvalue weighted by Gasteiger charge is -2.17. The molecule has 8 nitrogen and oxygen atoms in total. The van der Waals surface area contributed by atoms with Gasteiger partial charge in [-0.25, -0.2) is 4.79 Å². The first kappa shape index (κ1) is 16.9. The Morgan fingerprint density at radius 1 is 1.33 bits per heavy atom. The van der Waals surface area contributed by atoms with Gasteiger partial charge >= 0.3 is 5.97 Å². The van der Waals surface area contributed by atoms with E-state index < -0.39 is 11.9 Å². The maximum Gasteiger partial charge on any atom is 0.357 e. The molecule has 124 valence electrons. The number of methoxy groups -OCH3 is 1. The monoisotopic (exact) mass is 327 g/mol. The highest BCUT2D eigenvalue weighted by atomic mass is 16.5. The van der Waals surface area contributed by atoms with Crippen LogP contribution in [0.3, 0.4) is 0 Å². The Morgan fingerprint density at radius 2 is 2.00 bits per heavy atom. The van der Waals surface area contributed by atoms with Gasteiger partial charge in [0.2, 0.25) is 0 Å². The highest BCUT2D eigenvalue weighted by Crippen LogP contribution is 2.27. The van der Waals surface area contributed by atoms with E-state index >= 15 is 0 Å². The van der Waals surface area contributed by atoms with E-state index in [0.717, 1.165) is 0 Å². The van der Waals surface area contributed by atoms with Crippen LogP contribution in [0.4, 0.5) is 11.4 Å². The standard InChI is InChI=1S/C16H17N5O3/c1-20(2)12-5-4-10(6-11(12)15(19)22)21-8-9(7-17)13(18)14(21)16(23)24-3/h4-6,8H,18H2,1-3H3,(H2,19,22). The number of rotatable bonds is 4. The minimum atomic E-state index is -0.689. The second kappa shape index (κ2) is 6.34. The van der Waals surface area contributed by atoms with Crippen molar-refractivity contribution in [3.8, 4) is 11.8 Å². The van der Waals surface area contributed by atoms with Crippen LogP contribution in [0, 0.1) is 11.3 Å². The van der Waals surface area contributed by atoms with Crippen molar-refractivity contribution >= 4 is 23.3 Å². The number of benzene rings is 1. The second-order valence-corrected chi connectivity index (χ2v) is 5.24. The van der Waals surface area contributed by atoms with Gasteiger partial charge in [-0.1, -0.05) is 0 Å². The molecule has 0 atom stereocenters. The molecule has 0 aliphatic carbocycles. The molecular weight excluding hydrogens is 310 g/mol. The Bertz CT molecular complexity index is 861. The molecule has 1 aromatic heterocycles. The molecule has 8 heteroatoms. The number of hydrogen-bond acceptors (Lipinski definition) is 6. The smallest absolute Gasteiger partial charge is 0.357 e. The first-order valence-electron chi connectivity index (χ1n) is 6.92. The summed E-state index contributed by atoms with van der Waals surface area (Å²) in [5, 5.41) is 9.14. The van der Waals surface area contributed by atoms with Crippen LogP contribution in [-0.4, -0.2) is 37.6 Å². The van der Waals surface area contributed by atoms with E-state index in [-0.39, 0.29) is 22.5 Å². The van der Waals surface area contributed by atoms with E-state index in [2.05, 4.69) is 0 Å². The fraction of sp³-hybridized carbons (Fsp3) is 0.188. The van der Waals surface area contributed by atoms with Crippen LogP contribution in [0.5, 0.6) is 0 Å². The Labute approximate surface area is 138 Å². The summed E-state index contributed by atoms with van der Waals surface area (Å²) in [5.74, 6) is -1.30. The van der Waals surface area contributed by atoms with Crippen LogP contribution in [-0.2, 0) is 4.74 Å². The predicted octanol–water partition coefficient (Wildman–Crippen LogP) is 0.883. The van der Waals surface area contributed by atoms with Crippen molar-refractivity contribution in [3.63, 3.8) is 0 Å². The maximum absolute atomic E-state index is 12.0. The van der Waals surface area contributed by atoms with E-state index in [4.69, 9.17) is 21.5 Å². The summed E-state index contributed by atoms with van der Waals surface area (Å²) in [6.07, 6.45) is 1.41. The largest absolute Gasteiger partial charge is 0.464 e. The van der Waals surface area contributed by atoms with E-state index in [9.17, 15) is 9.59 Å². The normalized spacial score (nSPS) is 10.1. The summed E-state index contributed by atoms with van der Waals surface area (Å²) in [5.41, 5.74) is 12.8. The number of ether oxygens (including phenoxy) is 1. The van der Waals surface area contributed by atoms with E-state index in [1.807, 2.05) is 6.07 Å². The Hall–Kier alpha value is -3.47. The molecule has 0 aliphatic heterocycles. The molecular formula is C16H17N5O3. The first-order chi connectivity index (χ1) is 11.3. The zero-order valence-electron chi connectivity index (χ0n) is 13.5. The van der Waals surface area contributed by atoms with Crippen molar-refractivity contribution in [3.05, 3.63) is 41.2 Å². The van der Waals surface area contributed by atoms with Gasteiger partial charge in [0.25, 0.3) is 5.91 Å². The first-order valence-corrected chi connectivity index (χ1v) is 6.92. The molecule has 0 unspecified atom stereocenters. The molecule has 4 N–H and O–H groups in total. The molecule has 24 heavy (non-hydrogen) atoms. The van der Waals surface area contributed by atoms with Crippen LogP contribution >= 0.6 is 0 Å². The number of carbonyl (C=O) groups excluding carboxylic acids is 2. The summed E-state index contributed by atoms with van der Waals surface area (Å²) in [4.78, 5) is 25.5. The summed E-state index contributed by atoms with van der Waals surface area (Å²) in [6, 6.07) is 6.83. The fourth-order valence-electron chi connectivity index (χ4n) is 2.38. The number of amides is 1. The van der Waals surface area contributed by atoms with Gasteiger partial charge in [-0.3, -0.25) is 4.79 Å². The quantitative estimate of drug-likeness (QED) is 0.802. The number of primary amides is 1. The summed E-state index contributed by atoms with van der Waals surface area (Å²) in [6.45, 7) is 0. The molecule has 0 saturated carbocycles. The number of esters is 1. The third-order valence-electron chi connectivity index (χ3n) is 3.55. The van der Waals surface area contributed by atoms with Crippen molar-refractivity contribution in [2.75, 3.05) is 31.8 Å². The number of aromatic nitrogens is 1. The van der Waals surface area contributed by atoms with Gasteiger partial charge in [-0.2, -0.15) is 5.26 Å². The molecule has 2 rings (SSSR count). The number of nitrogens with zero attached hydrogens (tertiary/aromatic N) is 3. The Kier molecular flexibility index (Phi) is 4.46. The van der Waals surface area contributed by atoms with Crippen LogP contribution in [0.2, 0.25) is 0 Å². The molecule has 0 bridgehead atoms. The zero-order chi connectivity index (χ0) is 18.0. The van der Waals surface area contributed by atoms with Gasteiger partial charge in [0.1, 0.15) is 6.07 Å². The number of hydrogen-bond donors (Lipinski definition) is 2. The average molecular weight is 327 g/mol. The molecule has 0 saturated heterocycles. The highest BCUT2D eigenvalue weighted by molar-refractivity contribution is 6.00. The van der Waals surface area contributed by atoms with Gasteiger partial charge < -0.3 is 25.7 Å². The van der Waals surface area contributed by atoms with Gasteiger partial charge in [-0.15, -0.1) is 0 Å². The third kappa shape index (κ3) is 2.75. The molecule has 0 aliphatic rings. The molecule has 0 spiro atoms. The third-order valence-corrected chi connectivity index (χ3v) is 3.55. The van der Waals surface area contributed by atoms with Crippen molar-refractivity contribution in [2.45, 2.75) is 0 Å². The van der Waals surface area contributed by atoms with Gasteiger partial charge in [-0.05, 0) is 18.2 Å². The van der Waals surface area contributed by atoms with Gasteiger partial charge in [0, 0.05) is 31.7 Å². The summed E-state index contributed by atoms with van der Waals surface area (Å²) >= 11 is 0. The van der Waals surface area contributed by atoms with Crippen LogP contribution < -0.4 is 16.4 Å². The lowest BCUT2D eigenvalue weighted by molar-refractivity contribution is 0.0593. The molecule has 1 heterocycles. The molecule has 1 aromatic carbocycles. The van der Waals surface area contributed by atoms with Gasteiger partial charge in [0.15, 0.2) is 5.69 Å². The second-order valence-electron chi connectivity index (χ2n) is 5.24. The number of carbonyl (C=O) groups is 2. The Balaban J connectivity index is 2.73. The maximum atomic E-state index is 12.0. The van der Waals surface area contributed by atoms with E-state index in [1.54, 1.807) is 31.1 Å². The SMILES string of the molecule is COC(=O)c1c(N)c(C#N)cn1-c1ccc(N(C)C)c(C(N)=O)c1. The van der Waals surface area contributed by atoms with Crippen molar-refractivity contribution in [2.24, 2.45) is 5.73 Å². The molecule has 0 fully saturated rings. The lowest BCUT2D eigenvalue weighted by atomic mass is 10.1. The lowest BCUT2D eigenvalue weighted by Crippen LogP contribution is -2.19. The van der Waals surface area contributed by atoms with Crippen LogP contribution in [0.15, 0.2) is 24.4 Å². The van der Waals surface area contributed by atoms with E-state index in [0.29, 0.717) is 11.4 Å². The summed E-state index contributed by atoms with van der Waals surface area (Å²) < 4.78 is 6.14. The number of anilines is 2. The highest BCUT2D eigenvalue weighted by Gasteiger charge is 2.22. The molecule has 1 amide bonds. The average Bonchev–Trinajstić information content (AvgIpc) is 2.89. The van der Waals surface area contributed by atoms with Crippen LogP contribution in [0.1, 0.15) is 26.4 Å². The van der Waals surface area contributed by atoms with Gasteiger partial charge in [0.05, 0.1) is 23.9 Å². The number of nitrogen functional groups attached to an aromatic ring is 1. The molecule has 2 aromatic rings. The summed E-state index contributed by atoms with van der Waals surface area (Å²) in [7, 11) is 4.78. The van der Waals surface area contributed by atoms with Crippen molar-refractivity contribution in [1.82, 2.24) is 4.57 Å². The van der Waals surface area contributed by atoms with E-state index in [1.165, 1.54) is 23.9 Å².